The number of benzene rings is 2. The van der Waals surface area contributed by atoms with Crippen LogP contribution in [0.3, 0.4) is 0 Å². The van der Waals surface area contributed by atoms with Gasteiger partial charge in [0, 0.05) is 34.5 Å². The molecule has 3 nitrogen and oxygen atoms in total. The number of rotatable bonds is 4. The van der Waals surface area contributed by atoms with Crippen molar-refractivity contribution < 1.29 is 5.11 Å². The molecular formula is C16H16N2OS. The van der Waals surface area contributed by atoms with Crippen LogP contribution in [0.2, 0.25) is 0 Å². The third-order valence-corrected chi connectivity index (χ3v) is 4.48. The fraction of sp³-hybridized carbons (Fsp3) is 0.188. The Hall–Kier alpha value is -1.94. The summed E-state index contributed by atoms with van der Waals surface area (Å²) in [5.74, 6) is 1.21. The van der Waals surface area contributed by atoms with E-state index in [9.17, 15) is 5.11 Å². The van der Waals surface area contributed by atoms with Gasteiger partial charge in [0.25, 0.3) is 0 Å². The lowest BCUT2D eigenvalue weighted by Crippen LogP contribution is -1.97. The van der Waals surface area contributed by atoms with Crippen molar-refractivity contribution in [2.45, 2.75) is 24.1 Å². The Morgan fingerprint density at radius 1 is 1.15 bits per heavy atom. The third-order valence-electron chi connectivity index (χ3n) is 3.38. The molecular weight excluding hydrogens is 268 g/mol. The molecule has 1 N–H and O–H groups in total. The van der Waals surface area contributed by atoms with Crippen molar-refractivity contribution in [2.24, 2.45) is 0 Å². The van der Waals surface area contributed by atoms with Gasteiger partial charge < -0.3 is 9.67 Å². The van der Waals surface area contributed by atoms with Gasteiger partial charge in [0.1, 0.15) is 5.75 Å². The summed E-state index contributed by atoms with van der Waals surface area (Å²) in [5.41, 5.74) is 1.22. The second kappa shape index (κ2) is 5.59. The van der Waals surface area contributed by atoms with Crippen LogP contribution in [0.25, 0.3) is 10.8 Å². The van der Waals surface area contributed by atoms with Crippen LogP contribution in [0.5, 0.6) is 5.75 Å². The van der Waals surface area contributed by atoms with Crippen molar-refractivity contribution in [3.63, 3.8) is 0 Å². The first kappa shape index (κ1) is 13.1. The van der Waals surface area contributed by atoms with E-state index in [1.54, 1.807) is 17.8 Å². The normalized spacial score (nSPS) is 11.1. The highest BCUT2D eigenvalue weighted by molar-refractivity contribution is 7.98. The Morgan fingerprint density at radius 2 is 1.95 bits per heavy atom. The predicted octanol–water partition coefficient (Wildman–Crippen LogP) is 4.05. The van der Waals surface area contributed by atoms with E-state index in [1.165, 1.54) is 10.6 Å². The molecule has 0 atom stereocenters. The van der Waals surface area contributed by atoms with Crippen LogP contribution in [-0.2, 0) is 12.3 Å². The number of imidazole rings is 1. The number of hydrogen-bond acceptors (Lipinski definition) is 3. The molecule has 3 rings (SSSR count). The highest BCUT2D eigenvalue weighted by atomic mass is 32.2. The van der Waals surface area contributed by atoms with Gasteiger partial charge in [-0.2, -0.15) is 0 Å². The van der Waals surface area contributed by atoms with Gasteiger partial charge in [0.2, 0.25) is 0 Å². The van der Waals surface area contributed by atoms with E-state index in [0.29, 0.717) is 5.75 Å². The van der Waals surface area contributed by atoms with E-state index in [2.05, 4.69) is 22.5 Å². The SMILES string of the molecule is CCn1cncc1CSc1ccc(O)c2ccccc12. The van der Waals surface area contributed by atoms with Crippen LogP contribution in [-0.4, -0.2) is 14.7 Å². The second-order valence-corrected chi connectivity index (χ2v) is 5.61. The fourth-order valence-electron chi connectivity index (χ4n) is 2.29. The zero-order valence-electron chi connectivity index (χ0n) is 11.3. The molecule has 3 aromatic rings. The zero-order valence-corrected chi connectivity index (χ0v) is 12.1. The summed E-state index contributed by atoms with van der Waals surface area (Å²) in [5, 5.41) is 11.9. The summed E-state index contributed by atoms with van der Waals surface area (Å²) in [6, 6.07) is 11.7. The number of fused-ring (bicyclic) bond motifs is 1. The number of phenols is 1. The lowest BCUT2D eigenvalue weighted by Gasteiger charge is -2.09. The summed E-state index contributed by atoms with van der Waals surface area (Å²) in [4.78, 5) is 5.37. The Labute approximate surface area is 122 Å². The molecule has 0 amide bonds. The van der Waals surface area contributed by atoms with Crippen LogP contribution >= 0.6 is 11.8 Å². The molecule has 1 heterocycles. The molecule has 2 aromatic carbocycles. The van der Waals surface area contributed by atoms with Crippen molar-refractivity contribution in [1.82, 2.24) is 9.55 Å². The van der Waals surface area contributed by atoms with Gasteiger partial charge in [0.05, 0.1) is 6.33 Å². The number of hydrogen-bond donors (Lipinski definition) is 1. The van der Waals surface area contributed by atoms with Crippen molar-refractivity contribution >= 4 is 22.5 Å². The first-order valence-electron chi connectivity index (χ1n) is 6.62. The van der Waals surface area contributed by atoms with Crippen molar-refractivity contribution in [1.29, 1.82) is 0 Å². The van der Waals surface area contributed by atoms with Crippen molar-refractivity contribution in [3.8, 4) is 5.75 Å². The number of aryl methyl sites for hydroxylation is 1. The summed E-state index contributed by atoms with van der Waals surface area (Å²) in [6.45, 7) is 3.05. The number of aromatic nitrogens is 2. The average Bonchev–Trinajstić information content (AvgIpc) is 2.94. The van der Waals surface area contributed by atoms with Crippen LogP contribution < -0.4 is 0 Å². The minimum Gasteiger partial charge on any atom is -0.507 e. The smallest absolute Gasteiger partial charge is 0.123 e. The maximum absolute atomic E-state index is 9.91. The van der Waals surface area contributed by atoms with Crippen LogP contribution in [0.4, 0.5) is 0 Å². The van der Waals surface area contributed by atoms with Crippen LogP contribution in [0.1, 0.15) is 12.6 Å². The molecule has 0 aliphatic rings. The maximum atomic E-state index is 9.91. The van der Waals surface area contributed by atoms with Gasteiger partial charge in [-0.3, -0.25) is 0 Å². The topological polar surface area (TPSA) is 38.0 Å². The predicted molar refractivity (Wildman–Crippen MR) is 83.1 cm³/mol. The van der Waals surface area contributed by atoms with Crippen molar-refractivity contribution in [2.75, 3.05) is 0 Å². The molecule has 0 aliphatic carbocycles. The number of thioether (sulfide) groups is 1. The van der Waals surface area contributed by atoms with Crippen LogP contribution in [0.15, 0.2) is 53.8 Å². The Kier molecular flexibility index (Phi) is 3.65. The molecule has 1 aromatic heterocycles. The summed E-state index contributed by atoms with van der Waals surface area (Å²) in [7, 11) is 0. The number of aromatic hydroxyl groups is 1. The molecule has 0 saturated carbocycles. The molecule has 20 heavy (non-hydrogen) atoms. The van der Waals surface area contributed by atoms with E-state index in [1.807, 2.05) is 36.8 Å². The van der Waals surface area contributed by atoms with Crippen molar-refractivity contribution in [3.05, 3.63) is 54.6 Å². The van der Waals surface area contributed by atoms with Gasteiger partial charge in [-0.15, -0.1) is 11.8 Å². The zero-order chi connectivity index (χ0) is 13.9. The molecule has 0 fully saturated rings. The summed E-state index contributed by atoms with van der Waals surface area (Å²) >= 11 is 1.77. The lowest BCUT2D eigenvalue weighted by molar-refractivity contribution is 0.481. The largest absolute Gasteiger partial charge is 0.507 e. The third kappa shape index (κ3) is 2.39. The average molecular weight is 284 g/mol. The second-order valence-electron chi connectivity index (χ2n) is 4.59. The monoisotopic (exact) mass is 284 g/mol. The summed E-state index contributed by atoms with van der Waals surface area (Å²) in [6.07, 6.45) is 3.78. The minimum absolute atomic E-state index is 0.337. The van der Waals surface area contributed by atoms with Gasteiger partial charge in [-0.1, -0.05) is 24.3 Å². The Morgan fingerprint density at radius 3 is 2.75 bits per heavy atom. The maximum Gasteiger partial charge on any atom is 0.123 e. The first-order valence-corrected chi connectivity index (χ1v) is 7.60. The minimum atomic E-state index is 0.337. The highest BCUT2D eigenvalue weighted by Crippen LogP contribution is 2.34. The summed E-state index contributed by atoms with van der Waals surface area (Å²) < 4.78 is 2.15. The van der Waals surface area contributed by atoms with Gasteiger partial charge in [0.15, 0.2) is 0 Å². The molecule has 0 aliphatic heterocycles. The molecule has 102 valence electrons. The van der Waals surface area contributed by atoms with Gasteiger partial charge in [-0.05, 0) is 24.4 Å². The molecule has 0 bridgehead atoms. The van der Waals surface area contributed by atoms with Gasteiger partial charge in [-0.25, -0.2) is 4.98 Å². The van der Waals surface area contributed by atoms with Crippen LogP contribution in [0, 0.1) is 0 Å². The van der Waals surface area contributed by atoms with E-state index < -0.39 is 0 Å². The first-order chi connectivity index (χ1) is 9.79. The molecule has 0 saturated heterocycles. The fourth-order valence-corrected chi connectivity index (χ4v) is 3.33. The Balaban J connectivity index is 1.90. The number of nitrogens with zero attached hydrogens (tertiary/aromatic N) is 2. The van der Waals surface area contributed by atoms with Gasteiger partial charge >= 0.3 is 0 Å². The van der Waals surface area contributed by atoms with E-state index in [-0.39, 0.29) is 0 Å². The quantitative estimate of drug-likeness (QED) is 0.734. The molecule has 0 radical (unpaired) electrons. The van der Waals surface area contributed by atoms with E-state index >= 15 is 0 Å². The molecule has 0 unspecified atom stereocenters. The standard InChI is InChI=1S/C16H16N2OS/c1-2-18-11-17-9-12(18)10-20-16-8-7-15(19)13-5-3-4-6-14(13)16/h3-9,11,19H,2,10H2,1H3. The highest BCUT2D eigenvalue weighted by Gasteiger charge is 2.07. The lowest BCUT2D eigenvalue weighted by atomic mass is 10.1. The number of phenolic OH excluding ortho intramolecular Hbond substituents is 1. The van der Waals surface area contributed by atoms with E-state index in [4.69, 9.17) is 0 Å². The Bertz CT molecular complexity index is 736. The molecule has 4 heteroatoms. The molecule has 0 spiro atoms. The van der Waals surface area contributed by atoms with E-state index in [0.717, 1.165) is 23.1 Å².